The van der Waals surface area contributed by atoms with E-state index in [9.17, 15) is 4.79 Å². The first-order chi connectivity index (χ1) is 13.0. The minimum absolute atomic E-state index is 0.344. The van der Waals surface area contributed by atoms with E-state index in [1.54, 1.807) is 25.1 Å². The zero-order valence-electron chi connectivity index (χ0n) is 15.0. The smallest absolute Gasteiger partial charge is 0.280 e. The number of para-hydroxylation sites is 1. The number of hydrogen-bond acceptors (Lipinski definition) is 4. The van der Waals surface area contributed by atoms with Crippen LogP contribution in [0.25, 0.3) is 11.3 Å². The van der Waals surface area contributed by atoms with Crippen LogP contribution in [0.3, 0.4) is 0 Å². The predicted molar refractivity (Wildman–Crippen MR) is 109 cm³/mol. The third kappa shape index (κ3) is 5.08. The topological polar surface area (TPSA) is 63.8 Å². The molecular weight excluding hydrogens is 408 g/mol. The van der Waals surface area contributed by atoms with Crippen molar-refractivity contribution < 1.29 is 13.9 Å². The number of carbonyl (C=O) groups excluding carboxylic acids is 1. The third-order valence-electron chi connectivity index (χ3n) is 3.81. The fraction of sp³-hybridized carbons (Fsp3) is 0.143. The monoisotopic (exact) mass is 426 g/mol. The predicted octanol–water partition coefficient (Wildman–Crippen LogP) is 4.94. The van der Waals surface area contributed by atoms with E-state index in [2.05, 4.69) is 26.5 Å². The molecule has 0 spiro atoms. The van der Waals surface area contributed by atoms with E-state index in [-0.39, 0.29) is 5.91 Å². The first-order valence-electron chi connectivity index (χ1n) is 8.44. The van der Waals surface area contributed by atoms with Gasteiger partial charge in [0.2, 0.25) is 0 Å². The van der Waals surface area contributed by atoms with E-state index in [1.807, 2.05) is 49.4 Å². The van der Waals surface area contributed by atoms with Crippen LogP contribution in [0, 0.1) is 6.92 Å². The normalized spacial score (nSPS) is 12.1. The van der Waals surface area contributed by atoms with Crippen molar-refractivity contribution in [2.75, 3.05) is 0 Å². The molecular formula is C21H19BrN2O3. The number of halogens is 1. The second-order valence-corrected chi connectivity index (χ2v) is 6.85. The van der Waals surface area contributed by atoms with Crippen molar-refractivity contribution in [3.05, 3.63) is 76.5 Å². The number of hydrogen-bond donors (Lipinski definition) is 1. The van der Waals surface area contributed by atoms with Gasteiger partial charge < -0.3 is 9.15 Å². The molecule has 0 saturated carbocycles. The van der Waals surface area contributed by atoms with Gasteiger partial charge in [-0.25, -0.2) is 5.43 Å². The summed E-state index contributed by atoms with van der Waals surface area (Å²) < 4.78 is 12.3. The number of furan rings is 1. The van der Waals surface area contributed by atoms with Crippen molar-refractivity contribution in [1.29, 1.82) is 0 Å². The molecule has 5 nitrogen and oxygen atoms in total. The molecule has 0 bridgehead atoms. The molecule has 0 radical (unpaired) electrons. The molecule has 0 fully saturated rings. The van der Waals surface area contributed by atoms with Crippen LogP contribution in [0.2, 0.25) is 0 Å². The molecule has 1 N–H and O–H groups in total. The van der Waals surface area contributed by atoms with E-state index in [0.717, 1.165) is 21.4 Å². The number of amides is 1. The molecule has 1 aromatic heterocycles. The van der Waals surface area contributed by atoms with E-state index < -0.39 is 6.10 Å². The summed E-state index contributed by atoms with van der Waals surface area (Å²) in [5.74, 6) is 1.54. The van der Waals surface area contributed by atoms with E-state index in [1.165, 1.54) is 6.21 Å². The van der Waals surface area contributed by atoms with Gasteiger partial charge in [-0.05, 0) is 55.8 Å². The molecule has 1 heterocycles. The summed E-state index contributed by atoms with van der Waals surface area (Å²) in [4.78, 5) is 12.1. The van der Waals surface area contributed by atoms with Gasteiger partial charge in [0.15, 0.2) is 6.10 Å². The van der Waals surface area contributed by atoms with Crippen LogP contribution >= 0.6 is 15.9 Å². The van der Waals surface area contributed by atoms with Crippen LogP contribution in [0.15, 0.2) is 74.7 Å². The SMILES string of the molecule is Cc1ccc(-c2ccc(/C=N\NC(=O)[C@H](C)Oc3ccccc3)o2)c(Br)c1. The highest BCUT2D eigenvalue weighted by atomic mass is 79.9. The minimum atomic E-state index is -0.666. The first-order valence-corrected chi connectivity index (χ1v) is 9.23. The molecule has 27 heavy (non-hydrogen) atoms. The Morgan fingerprint density at radius 2 is 1.96 bits per heavy atom. The largest absolute Gasteiger partial charge is 0.481 e. The second-order valence-electron chi connectivity index (χ2n) is 5.99. The first kappa shape index (κ1) is 18.9. The number of ether oxygens (including phenoxy) is 1. The highest BCUT2D eigenvalue weighted by molar-refractivity contribution is 9.10. The zero-order valence-corrected chi connectivity index (χ0v) is 16.6. The fourth-order valence-electron chi connectivity index (χ4n) is 2.39. The molecule has 0 aliphatic carbocycles. The van der Waals surface area contributed by atoms with E-state index in [0.29, 0.717) is 11.5 Å². The van der Waals surface area contributed by atoms with Crippen LogP contribution in [0.5, 0.6) is 5.75 Å². The standard InChI is InChI=1S/C21H19BrN2O3/c1-14-8-10-18(19(22)12-14)20-11-9-17(27-20)13-23-24-21(25)15(2)26-16-6-4-3-5-7-16/h3-13,15H,1-2H3,(H,24,25)/b23-13-/t15-/m0/s1. The Morgan fingerprint density at radius 1 is 1.19 bits per heavy atom. The van der Waals surface area contributed by atoms with Crippen LogP contribution < -0.4 is 10.2 Å². The molecule has 6 heteroatoms. The number of nitrogens with zero attached hydrogens (tertiary/aromatic N) is 1. The molecule has 1 atom stereocenters. The summed E-state index contributed by atoms with van der Waals surface area (Å²) in [5, 5.41) is 3.94. The van der Waals surface area contributed by atoms with Crippen molar-refractivity contribution >= 4 is 28.1 Å². The highest BCUT2D eigenvalue weighted by Crippen LogP contribution is 2.30. The Morgan fingerprint density at radius 3 is 2.70 bits per heavy atom. The van der Waals surface area contributed by atoms with Crippen LogP contribution in [-0.2, 0) is 4.79 Å². The lowest BCUT2D eigenvalue weighted by atomic mass is 10.1. The number of rotatable bonds is 6. The van der Waals surface area contributed by atoms with Crippen LogP contribution in [0.1, 0.15) is 18.2 Å². The number of benzene rings is 2. The lowest BCUT2D eigenvalue weighted by molar-refractivity contribution is -0.127. The van der Waals surface area contributed by atoms with Crippen LogP contribution in [0.4, 0.5) is 0 Å². The number of hydrazone groups is 1. The quantitative estimate of drug-likeness (QED) is 0.448. The minimum Gasteiger partial charge on any atom is -0.481 e. The van der Waals surface area contributed by atoms with E-state index in [4.69, 9.17) is 9.15 Å². The number of aryl methyl sites for hydroxylation is 1. The molecule has 3 aromatic rings. The van der Waals surface area contributed by atoms with Crippen molar-refractivity contribution in [2.24, 2.45) is 5.10 Å². The summed E-state index contributed by atoms with van der Waals surface area (Å²) in [6.07, 6.45) is 0.791. The lowest BCUT2D eigenvalue weighted by Gasteiger charge is -2.12. The molecule has 138 valence electrons. The van der Waals surface area contributed by atoms with Gasteiger partial charge in [0.1, 0.15) is 17.3 Å². The Kier molecular flexibility index (Phi) is 6.08. The molecule has 0 unspecified atom stereocenters. The Labute approximate surface area is 166 Å². The van der Waals surface area contributed by atoms with Crippen molar-refractivity contribution in [3.8, 4) is 17.1 Å². The maximum Gasteiger partial charge on any atom is 0.280 e. The van der Waals surface area contributed by atoms with Gasteiger partial charge in [-0.1, -0.05) is 40.2 Å². The van der Waals surface area contributed by atoms with Crippen LogP contribution in [-0.4, -0.2) is 18.2 Å². The molecule has 0 aliphatic rings. The van der Waals surface area contributed by atoms with Gasteiger partial charge in [0.25, 0.3) is 5.91 Å². The maximum absolute atomic E-state index is 12.1. The van der Waals surface area contributed by atoms with Gasteiger partial charge in [-0.15, -0.1) is 0 Å². The molecule has 3 rings (SSSR count). The van der Waals surface area contributed by atoms with Gasteiger partial charge in [-0.3, -0.25) is 4.79 Å². The lowest BCUT2D eigenvalue weighted by Crippen LogP contribution is -2.33. The van der Waals surface area contributed by atoms with Gasteiger partial charge >= 0.3 is 0 Å². The zero-order chi connectivity index (χ0) is 19.2. The van der Waals surface area contributed by atoms with Gasteiger partial charge in [0.05, 0.1) is 6.21 Å². The fourth-order valence-corrected chi connectivity index (χ4v) is 3.08. The molecule has 2 aromatic carbocycles. The van der Waals surface area contributed by atoms with Crippen molar-refractivity contribution in [2.45, 2.75) is 20.0 Å². The Bertz CT molecular complexity index is 951. The highest BCUT2D eigenvalue weighted by Gasteiger charge is 2.13. The van der Waals surface area contributed by atoms with Gasteiger partial charge in [0, 0.05) is 10.0 Å². The average molecular weight is 427 g/mol. The number of carbonyl (C=O) groups is 1. The molecule has 0 aliphatic heterocycles. The summed E-state index contributed by atoms with van der Waals surface area (Å²) in [6.45, 7) is 3.69. The molecule has 0 saturated heterocycles. The second kappa shape index (κ2) is 8.68. The third-order valence-corrected chi connectivity index (χ3v) is 4.46. The maximum atomic E-state index is 12.1. The van der Waals surface area contributed by atoms with Crippen molar-refractivity contribution in [3.63, 3.8) is 0 Å². The Balaban J connectivity index is 1.58. The summed E-state index contributed by atoms with van der Waals surface area (Å²) in [6, 6.07) is 18.9. The van der Waals surface area contributed by atoms with Crippen molar-refractivity contribution in [1.82, 2.24) is 5.43 Å². The Hall–Kier alpha value is -2.86. The van der Waals surface area contributed by atoms with Gasteiger partial charge in [-0.2, -0.15) is 5.10 Å². The summed E-state index contributed by atoms with van der Waals surface area (Å²) in [5.41, 5.74) is 4.57. The molecule has 1 amide bonds. The summed E-state index contributed by atoms with van der Waals surface area (Å²) >= 11 is 3.54. The summed E-state index contributed by atoms with van der Waals surface area (Å²) in [7, 11) is 0. The number of nitrogens with one attached hydrogen (secondary N) is 1. The van der Waals surface area contributed by atoms with E-state index >= 15 is 0 Å². The average Bonchev–Trinajstić information content (AvgIpc) is 3.11.